The summed E-state index contributed by atoms with van der Waals surface area (Å²) in [6.07, 6.45) is 7.35. The minimum Gasteiger partial charge on any atom is -0.350 e. The van der Waals surface area contributed by atoms with Gasteiger partial charge in [0.05, 0.1) is 0 Å². The largest absolute Gasteiger partial charge is 0.350 e. The number of rotatable bonds is 8. The second kappa shape index (κ2) is 12.3. The van der Waals surface area contributed by atoms with Crippen molar-refractivity contribution in [2.75, 3.05) is 32.7 Å². The minimum atomic E-state index is -0.527. The molecule has 1 aromatic heterocycles. The monoisotopic (exact) mass is 498 g/mol. The van der Waals surface area contributed by atoms with Gasteiger partial charge in [0.1, 0.15) is 11.1 Å². The summed E-state index contributed by atoms with van der Waals surface area (Å²) in [5.41, 5.74) is 1.66. The Labute approximate surface area is 218 Å². The van der Waals surface area contributed by atoms with Crippen molar-refractivity contribution in [2.45, 2.75) is 26.4 Å². The summed E-state index contributed by atoms with van der Waals surface area (Å²) in [5.74, 6) is -0.794. The molecule has 1 aliphatic rings. The lowest BCUT2D eigenvalue weighted by Crippen LogP contribution is -2.49. The summed E-state index contributed by atoms with van der Waals surface area (Å²) in [6.45, 7) is 7.41. The van der Waals surface area contributed by atoms with Crippen molar-refractivity contribution in [3.05, 3.63) is 112 Å². The second-order valence-corrected chi connectivity index (χ2v) is 9.61. The van der Waals surface area contributed by atoms with Crippen LogP contribution in [0, 0.1) is 0 Å². The summed E-state index contributed by atoms with van der Waals surface area (Å²) in [4.78, 5) is 43.6. The van der Waals surface area contributed by atoms with Gasteiger partial charge in [-0.2, -0.15) is 0 Å². The van der Waals surface area contributed by atoms with Crippen LogP contribution in [0.15, 0.2) is 83.9 Å². The average molecular weight is 499 g/mol. The molecule has 192 valence electrons. The number of benzene rings is 2. The number of hydrogen-bond acceptors (Lipinski definition) is 4. The molecule has 0 aliphatic carbocycles. The maximum absolute atomic E-state index is 13.5. The molecule has 7 heteroatoms. The van der Waals surface area contributed by atoms with Crippen molar-refractivity contribution in [1.29, 1.82) is 0 Å². The maximum Gasteiger partial charge on any atom is 0.259 e. The lowest BCUT2D eigenvalue weighted by atomic mass is 10.1. The van der Waals surface area contributed by atoms with Gasteiger partial charge in [0, 0.05) is 57.7 Å². The Balaban J connectivity index is 1.48. The van der Waals surface area contributed by atoms with E-state index >= 15 is 0 Å². The molecular formula is C30H34N4O3. The Morgan fingerprint density at radius 2 is 1.51 bits per heavy atom. The Hall–Kier alpha value is -3.97. The Morgan fingerprint density at radius 3 is 2.16 bits per heavy atom. The van der Waals surface area contributed by atoms with Gasteiger partial charge in [-0.25, -0.2) is 0 Å². The first kappa shape index (κ1) is 26.1. The van der Waals surface area contributed by atoms with Gasteiger partial charge in [0.15, 0.2) is 0 Å². The number of amides is 2. The van der Waals surface area contributed by atoms with E-state index in [9.17, 15) is 14.4 Å². The molecule has 7 nitrogen and oxygen atoms in total. The summed E-state index contributed by atoms with van der Waals surface area (Å²) >= 11 is 0. The number of nitrogens with zero attached hydrogens (tertiary/aromatic N) is 3. The highest BCUT2D eigenvalue weighted by Crippen LogP contribution is 2.11. The smallest absolute Gasteiger partial charge is 0.259 e. The minimum absolute atomic E-state index is 0.0137. The highest BCUT2D eigenvalue weighted by Gasteiger charge is 2.26. The zero-order valence-corrected chi connectivity index (χ0v) is 21.5. The zero-order chi connectivity index (χ0) is 26.2. The molecule has 3 aromatic rings. The van der Waals surface area contributed by atoms with E-state index in [2.05, 4.69) is 34.5 Å². The molecular weight excluding hydrogens is 464 g/mol. The van der Waals surface area contributed by atoms with Gasteiger partial charge in [-0.1, -0.05) is 72.8 Å². The first-order valence-electron chi connectivity index (χ1n) is 12.7. The van der Waals surface area contributed by atoms with Crippen LogP contribution in [0.5, 0.6) is 0 Å². The van der Waals surface area contributed by atoms with Gasteiger partial charge in [-0.15, -0.1) is 0 Å². The lowest BCUT2D eigenvalue weighted by Gasteiger charge is -2.34. The van der Waals surface area contributed by atoms with E-state index in [1.54, 1.807) is 21.9 Å². The average Bonchev–Trinajstić information content (AvgIpc) is 2.90. The highest BCUT2D eigenvalue weighted by molar-refractivity contribution is 5.99. The summed E-state index contributed by atoms with van der Waals surface area (Å²) < 4.78 is 1.75. The molecule has 2 aromatic carbocycles. The highest BCUT2D eigenvalue weighted by atomic mass is 16.2. The Kier molecular flexibility index (Phi) is 8.69. The fraction of sp³-hybridized carbons (Fsp3) is 0.300. The van der Waals surface area contributed by atoms with E-state index in [1.165, 1.54) is 0 Å². The third-order valence-corrected chi connectivity index (χ3v) is 6.31. The number of piperazine rings is 1. The lowest BCUT2D eigenvalue weighted by molar-refractivity contribution is 0.0648. The molecule has 1 saturated heterocycles. The van der Waals surface area contributed by atoms with Crippen LogP contribution in [-0.2, 0) is 6.54 Å². The van der Waals surface area contributed by atoms with Crippen LogP contribution in [0.25, 0.3) is 6.08 Å². The number of nitrogens with one attached hydrogen (secondary N) is 1. The van der Waals surface area contributed by atoms with E-state index < -0.39 is 11.3 Å². The molecule has 2 heterocycles. The van der Waals surface area contributed by atoms with Gasteiger partial charge in [0.2, 0.25) is 5.43 Å². The standard InChI is InChI=1S/C30H34N4O3/c1-23(2)31-29(36)26-21-33(20-25-12-7-4-8-13-25)22-27(28(26)35)30(37)34-18-16-32(17-19-34)15-9-14-24-10-5-3-6-11-24/h3-14,21-23H,15-20H2,1-2H3,(H,31,36)/b14-9+. The molecule has 0 unspecified atom stereocenters. The zero-order valence-electron chi connectivity index (χ0n) is 21.5. The van der Waals surface area contributed by atoms with Gasteiger partial charge >= 0.3 is 0 Å². The van der Waals surface area contributed by atoms with Gasteiger partial charge < -0.3 is 14.8 Å². The molecule has 0 spiro atoms. The van der Waals surface area contributed by atoms with Crippen LogP contribution >= 0.6 is 0 Å². The molecule has 0 atom stereocenters. The number of pyridine rings is 1. The van der Waals surface area contributed by atoms with Crippen LogP contribution in [0.1, 0.15) is 45.7 Å². The molecule has 0 radical (unpaired) electrons. The molecule has 0 saturated carbocycles. The van der Waals surface area contributed by atoms with Crippen molar-refractivity contribution in [3.63, 3.8) is 0 Å². The third kappa shape index (κ3) is 7.05. The van der Waals surface area contributed by atoms with Crippen LogP contribution in [0.3, 0.4) is 0 Å². The van der Waals surface area contributed by atoms with Crippen molar-refractivity contribution >= 4 is 17.9 Å². The predicted octanol–water partition coefficient (Wildman–Crippen LogP) is 3.51. The van der Waals surface area contributed by atoms with E-state index in [4.69, 9.17) is 0 Å². The summed E-state index contributed by atoms with van der Waals surface area (Å²) in [7, 11) is 0. The van der Waals surface area contributed by atoms with Gasteiger partial charge in [-0.05, 0) is 25.0 Å². The number of carbonyl (C=O) groups is 2. The summed E-state index contributed by atoms with van der Waals surface area (Å²) in [6, 6.07) is 19.8. The quantitative estimate of drug-likeness (QED) is 0.516. The Morgan fingerprint density at radius 1 is 0.892 bits per heavy atom. The van der Waals surface area contributed by atoms with Crippen molar-refractivity contribution in [2.24, 2.45) is 0 Å². The second-order valence-electron chi connectivity index (χ2n) is 9.61. The van der Waals surface area contributed by atoms with Crippen LogP contribution in [-0.4, -0.2) is 64.9 Å². The molecule has 1 aliphatic heterocycles. The maximum atomic E-state index is 13.5. The van der Waals surface area contributed by atoms with Crippen LogP contribution in [0.4, 0.5) is 0 Å². The van der Waals surface area contributed by atoms with Crippen LogP contribution in [0.2, 0.25) is 0 Å². The molecule has 1 N–H and O–H groups in total. The van der Waals surface area contributed by atoms with E-state index in [0.717, 1.165) is 30.8 Å². The van der Waals surface area contributed by atoms with Gasteiger partial charge in [-0.3, -0.25) is 19.3 Å². The first-order valence-corrected chi connectivity index (χ1v) is 12.7. The molecule has 37 heavy (non-hydrogen) atoms. The number of aromatic nitrogens is 1. The number of carbonyl (C=O) groups excluding carboxylic acids is 2. The summed E-state index contributed by atoms with van der Waals surface area (Å²) in [5, 5.41) is 2.78. The van der Waals surface area contributed by atoms with Crippen molar-refractivity contribution in [3.8, 4) is 0 Å². The van der Waals surface area contributed by atoms with Crippen molar-refractivity contribution in [1.82, 2.24) is 19.7 Å². The fourth-order valence-corrected chi connectivity index (χ4v) is 4.38. The van der Waals surface area contributed by atoms with Crippen LogP contribution < -0.4 is 10.7 Å². The van der Waals surface area contributed by atoms with Crippen molar-refractivity contribution < 1.29 is 9.59 Å². The molecule has 2 amide bonds. The van der Waals surface area contributed by atoms with E-state index in [1.807, 2.05) is 62.4 Å². The first-order chi connectivity index (χ1) is 17.9. The van der Waals surface area contributed by atoms with Gasteiger partial charge in [0.25, 0.3) is 11.8 Å². The number of hydrogen-bond donors (Lipinski definition) is 1. The molecule has 4 rings (SSSR count). The fourth-order valence-electron chi connectivity index (χ4n) is 4.38. The third-order valence-electron chi connectivity index (χ3n) is 6.31. The molecule has 1 fully saturated rings. The predicted molar refractivity (Wildman–Crippen MR) is 147 cm³/mol. The normalized spacial score (nSPS) is 14.3. The SMILES string of the molecule is CC(C)NC(=O)c1cn(Cc2ccccc2)cc(C(=O)N2CCN(C/C=C/c3ccccc3)CC2)c1=O. The Bertz CT molecular complexity index is 1290. The van der Waals surface area contributed by atoms with E-state index in [-0.39, 0.29) is 23.1 Å². The molecule has 0 bridgehead atoms. The topological polar surface area (TPSA) is 74.7 Å². The van der Waals surface area contributed by atoms with E-state index in [0.29, 0.717) is 19.6 Å².